The molecular weight excluding hydrogens is 348 g/mol. The van der Waals surface area contributed by atoms with E-state index >= 15 is 0 Å². The van der Waals surface area contributed by atoms with Crippen LogP contribution < -0.4 is 9.80 Å². The van der Waals surface area contributed by atoms with Crippen molar-refractivity contribution in [3.63, 3.8) is 0 Å². The van der Waals surface area contributed by atoms with Crippen molar-refractivity contribution in [2.45, 2.75) is 32.7 Å². The first-order valence-corrected chi connectivity index (χ1v) is 9.31. The molecule has 0 saturated carbocycles. The highest BCUT2D eigenvalue weighted by Gasteiger charge is 2.41. The first-order valence-electron chi connectivity index (χ1n) is 8.94. The molecule has 4 nitrogen and oxygen atoms in total. The minimum absolute atomic E-state index is 0.0196. The number of carbonyl (C=O) groups is 2. The minimum Gasteiger partial charge on any atom is -0.311 e. The summed E-state index contributed by atoms with van der Waals surface area (Å²) in [6.07, 6.45) is 1.11. The fourth-order valence-electron chi connectivity index (χ4n) is 4.09. The highest BCUT2D eigenvalue weighted by Crippen LogP contribution is 2.36. The molecule has 0 bridgehead atoms. The van der Waals surface area contributed by atoms with Crippen LogP contribution >= 0.6 is 11.6 Å². The number of para-hydroxylation sites is 1. The highest BCUT2D eigenvalue weighted by molar-refractivity contribution is 6.31. The Bertz CT molecular complexity index is 895. The number of halogens is 1. The zero-order valence-electron chi connectivity index (χ0n) is 14.9. The van der Waals surface area contributed by atoms with E-state index in [0.29, 0.717) is 11.6 Å². The van der Waals surface area contributed by atoms with Crippen molar-refractivity contribution in [1.29, 1.82) is 0 Å². The standard InChI is InChI=1S/C21H21ClN2O2/c1-13-10-15-6-3-4-8-19(15)24(13)21(26)16-11-20(25)23(12-16)18-9-5-7-17(22)14(18)2/h3-9,13,16H,10-12H2,1-2H3. The van der Waals surface area contributed by atoms with E-state index < -0.39 is 0 Å². The van der Waals surface area contributed by atoms with Gasteiger partial charge in [0.05, 0.1) is 5.92 Å². The predicted molar refractivity (Wildman–Crippen MR) is 104 cm³/mol. The van der Waals surface area contributed by atoms with Gasteiger partial charge in [-0.05, 0) is 49.6 Å². The largest absolute Gasteiger partial charge is 0.311 e. The number of amides is 2. The molecule has 2 aromatic rings. The van der Waals surface area contributed by atoms with Crippen LogP contribution in [-0.4, -0.2) is 24.4 Å². The van der Waals surface area contributed by atoms with Gasteiger partial charge in [0.25, 0.3) is 0 Å². The third kappa shape index (κ3) is 2.69. The fourth-order valence-corrected chi connectivity index (χ4v) is 4.26. The lowest BCUT2D eigenvalue weighted by Gasteiger charge is -2.26. The fraction of sp³-hybridized carbons (Fsp3) is 0.333. The van der Waals surface area contributed by atoms with Crippen molar-refractivity contribution in [3.8, 4) is 0 Å². The smallest absolute Gasteiger partial charge is 0.232 e. The average molecular weight is 369 g/mol. The number of carbonyl (C=O) groups excluding carboxylic acids is 2. The summed E-state index contributed by atoms with van der Waals surface area (Å²) >= 11 is 6.20. The van der Waals surface area contributed by atoms with Gasteiger partial charge in [0.2, 0.25) is 11.8 Å². The monoisotopic (exact) mass is 368 g/mol. The zero-order chi connectivity index (χ0) is 18.4. The molecule has 0 N–H and O–H groups in total. The van der Waals surface area contributed by atoms with Crippen LogP contribution in [0.25, 0.3) is 0 Å². The Labute approximate surface area is 158 Å². The molecule has 26 heavy (non-hydrogen) atoms. The molecule has 2 aliphatic rings. The van der Waals surface area contributed by atoms with Crippen molar-refractivity contribution < 1.29 is 9.59 Å². The van der Waals surface area contributed by atoms with Gasteiger partial charge in [-0.15, -0.1) is 0 Å². The summed E-state index contributed by atoms with van der Waals surface area (Å²) in [6, 6.07) is 13.7. The quantitative estimate of drug-likeness (QED) is 0.804. The lowest BCUT2D eigenvalue weighted by atomic mass is 10.1. The highest BCUT2D eigenvalue weighted by atomic mass is 35.5. The van der Waals surface area contributed by atoms with E-state index in [2.05, 4.69) is 13.0 Å². The van der Waals surface area contributed by atoms with Crippen LogP contribution in [0.4, 0.5) is 11.4 Å². The van der Waals surface area contributed by atoms with Crippen molar-refractivity contribution >= 4 is 34.8 Å². The Kier molecular flexibility index (Phi) is 4.23. The molecule has 0 aliphatic carbocycles. The molecule has 4 rings (SSSR count). The van der Waals surface area contributed by atoms with Gasteiger partial charge in [0, 0.05) is 35.4 Å². The molecule has 1 saturated heterocycles. The maximum absolute atomic E-state index is 13.2. The van der Waals surface area contributed by atoms with Crippen LogP contribution in [-0.2, 0) is 16.0 Å². The summed E-state index contributed by atoms with van der Waals surface area (Å²) in [4.78, 5) is 29.4. The average Bonchev–Trinajstić information content (AvgIpc) is 3.16. The Morgan fingerprint density at radius 3 is 2.62 bits per heavy atom. The van der Waals surface area contributed by atoms with Crippen LogP contribution in [0.3, 0.4) is 0 Å². The van der Waals surface area contributed by atoms with Gasteiger partial charge in [0.1, 0.15) is 0 Å². The van der Waals surface area contributed by atoms with Gasteiger partial charge in [-0.2, -0.15) is 0 Å². The second-order valence-corrected chi connectivity index (χ2v) is 7.59. The summed E-state index contributed by atoms with van der Waals surface area (Å²) in [5.41, 5.74) is 3.85. The predicted octanol–water partition coefficient (Wildman–Crippen LogP) is 3.98. The van der Waals surface area contributed by atoms with Crippen molar-refractivity contribution in [3.05, 3.63) is 58.6 Å². The molecule has 1 fully saturated rings. The number of rotatable bonds is 2. The van der Waals surface area contributed by atoms with Crippen LogP contribution in [0.5, 0.6) is 0 Å². The van der Waals surface area contributed by atoms with E-state index in [4.69, 9.17) is 11.6 Å². The normalized spacial score (nSPS) is 22.0. The van der Waals surface area contributed by atoms with E-state index in [0.717, 1.165) is 23.4 Å². The van der Waals surface area contributed by atoms with E-state index in [1.54, 1.807) is 4.90 Å². The maximum Gasteiger partial charge on any atom is 0.232 e. The van der Waals surface area contributed by atoms with Crippen LogP contribution in [0.15, 0.2) is 42.5 Å². The molecular formula is C21H21ClN2O2. The first-order chi connectivity index (χ1) is 12.5. The molecule has 2 aromatic carbocycles. The second kappa shape index (κ2) is 6.44. The summed E-state index contributed by atoms with van der Waals surface area (Å²) in [6.45, 7) is 4.37. The van der Waals surface area contributed by atoms with E-state index in [-0.39, 0.29) is 30.2 Å². The first kappa shape index (κ1) is 17.1. The summed E-state index contributed by atoms with van der Waals surface area (Å²) in [5, 5.41) is 0.632. The van der Waals surface area contributed by atoms with E-state index in [1.165, 1.54) is 5.56 Å². The molecule has 5 heteroatoms. The second-order valence-electron chi connectivity index (χ2n) is 7.18. The van der Waals surface area contributed by atoms with Crippen LogP contribution in [0.2, 0.25) is 5.02 Å². The molecule has 0 radical (unpaired) electrons. The lowest BCUT2D eigenvalue weighted by molar-refractivity contribution is -0.124. The van der Waals surface area contributed by atoms with E-state index in [9.17, 15) is 9.59 Å². The molecule has 2 atom stereocenters. The lowest BCUT2D eigenvalue weighted by Crippen LogP contribution is -2.41. The Morgan fingerprint density at radius 1 is 1.08 bits per heavy atom. The van der Waals surface area contributed by atoms with E-state index in [1.807, 2.05) is 48.2 Å². The summed E-state index contributed by atoms with van der Waals surface area (Å²) < 4.78 is 0. The van der Waals surface area contributed by atoms with Crippen molar-refractivity contribution in [2.24, 2.45) is 5.92 Å². The van der Waals surface area contributed by atoms with Gasteiger partial charge in [0.15, 0.2) is 0 Å². The number of fused-ring (bicyclic) bond motifs is 1. The SMILES string of the molecule is Cc1c(Cl)cccc1N1CC(C(=O)N2c3ccccc3CC2C)CC1=O. The number of nitrogens with zero attached hydrogens (tertiary/aromatic N) is 2. The van der Waals surface area contributed by atoms with Gasteiger partial charge < -0.3 is 9.80 Å². The van der Waals surface area contributed by atoms with Gasteiger partial charge in [-0.25, -0.2) is 0 Å². The number of anilines is 2. The third-order valence-electron chi connectivity index (χ3n) is 5.45. The number of hydrogen-bond acceptors (Lipinski definition) is 2. The molecule has 0 aromatic heterocycles. The van der Waals surface area contributed by atoms with Gasteiger partial charge in [-0.1, -0.05) is 35.9 Å². The number of hydrogen-bond donors (Lipinski definition) is 0. The molecule has 134 valence electrons. The van der Waals surface area contributed by atoms with Crippen LogP contribution in [0.1, 0.15) is 24.5 Å². The van der Waals surface area contributed by atoms with Crippen molar-refractivity contribution in [1.82, 2.24) is 0 Å². The third-order valence-corrected chi connectivity index (χ3v) is 5.86. The maximum atomic E-state index is 13.2. The molecule has 2 heterocycles. The molecule has 2 aliphatic heterocycles. The zero-order valence-corrected chi connectivity index (χ0v) is 15.7. The minimum atomic E-state index is -0.325. The molecule has 2 amide bonds. The Balaban J connectivity index is 1.59. The summed E-state index contributed by atoms with van der Waals surface area (Å²) in [5.74, 6) is -0.304. The topological polar surface area (TPSA) is 40.6 Å². The van der Waals surface area contributed by atoms with Crippen LogP contribution in [0, 0.1) is 12.8 Å². The Hall–Kier alpha value is -2.33. The van der Waals surface area contributed by atoms with Gasteiger partial charge in [-0.3, -0.25) is 9.59 Å². The van der Waals surface area contributed by atoms with Gasteiger partial charge >= 0.3 is 0 Å². The molecule has 2 unspecified atom stereocenters. The Morgan fingerprint density at radius 2 is 1.81 bits per heavy atom. The molecule has 0 spiro atoms. The van der Waals surface area contributed by atoms with Crippen molar-refractivity contribution in [2.75, 3.05) is 16.3 Å². The summed E-state index contributed by atoms with van der Waals surface area (Å²) in [7, 11) is 0. The number of benzene rings is 2.